The highest BCUT2D eigenvalue weighted by Gasteiger charge is 2.14. The van der Waals surface area contributed by atoms with E-state index in [-0.39, 0.29) is 27.8 Å². The molecule has 0 atom stereocenters. The highest BCUT2D eigenvalue weighted by Crippen LogP contribution is 2.36. The monoisotopic (exact) mass is 375 g/mol. The van der Waals surface area contributed by atoms with Gasteiger partial charge >= 0.3 is 5.97 Å². The van der Waals surface area contributed by atoms with Crippen molar-refractivity contribution in [2.24, 2.45) is 5.10 Å². The summed E-state index contributed by atoms with van der Waals surface area (Å²) in [6.45, 7) is 0. The van der Waals surface area contributed by atoms with Crippen LogP contribution in [0.1, 0.15) is 5.56 Å². The van der Waals surface area contributed by atoms with Crippen LogP contribution in [0.15, 0.2) is 53.6 Å². The van der Waals surface area contributed by atoms with Crippen molar-refractivity contribution in [3.63, 3.8) is 0 Å². The molecule has 0 bridgehead atoms. The Kier molecular flexibility index (Phi) is 4.74. The van der Waals surface area contributed by atoms with Crippen molar-refractivity contribution in [1.29, 1.82) is 0 Å². The first-order valence-electron chi connectivity index (χ1n) is 7.07. The first-order valence-corrected chi connectivity index (χ1v) is 7.83. The minimum Gasteiger partial charge on any atom is -0.504 e. The molecular weight excluding hydrogens is 365 g/mol. The number of anilines is 1. The first-order chi connectivity index (χ1) is 12.0. The van der Waals surface area contributed by atoms with Gasteiger partial charge in [0.1, 0.15) is 11.3 Å². The maximum atomic E-state index is 11.4. The number of carboxylic acids is 1. The molecule has 0 amide bonds. The zero-order valence-corrected chi connectivity index (χ0v) is 14.1. The summed E-state index contributed by atoms with van der Waals surface area (Å²) in [7, 11) is 0. The number of aromatic nitrogens is 1. The van der Waals surface area contributed by atoms with Gasteiger partial charge < -0.3 is 10.2 Å². The third-order valence-electron chi connectivity index (χ3n) is 3.39. The molecule has 3 aromatic rings. The van der Waals surface area contributed by atoms with Crippen LogP contribution in [0.5, 0.6) is 5.75 Å². The van der Waals surface area contributed by atoms with E-state index in [9.17, 15) is 15.0 Å². The van der Waals surface area contributed by atoms with Gasteiger partial charge in [-0.25, -0.2) is 9.78 Å². The molecule has 0 radical (unpaired) electrons. The molecule has 0 saturated heterocycles. The largest absolute Gasteiger partial charge is 0.504 e. The van der Waals surface area contributed by atoms with Crippen LogP contribution >= 0.6 is 23.2 Å². The summed E-state index contributed by atoms with van der Waals surface area (Å²) in [5, 5.41) is 24.2. The van der Waals surface area contributed by atoms with E-state index < -0.39 is 5.97 Å². The number of halogens is 2. The van der Waals surface area contributed by atoms with Gasteiger partial charge in [-0.3, -0.25) is 5.43 Å². The number of hydrogen-bond acceptors (Lipinski definition) is 5. The quantitative estimate of drug-likeness (QED) is 0.470. The van der Waals surface area contributed by atoms with E-state index in [1.165, 1.54) is 6.07 Å². The van der Waals surface area contributed by atoms with Gasteiger partial charge in [-0.05, 0) is 18.2 Å². The van der Waals surface area contributed by atoms with Crippen molar-refractivity contribution in [3.8, 4) is 5.75 Å². The van der Waals surface area contributed by atoms with Crippen LogP contribution in [0.4, 0.5) is 5.82 Å². The van der Waals surface area contributed by atoms with E-state index in [1.54, 1.807) is 42.5 Å². The molecule has 6 nitrogen and oxygen atoms in total. The molecule has 0 unspecified atom stereocenters. The molecule has 3 rings (SSSR count). The number of fused-ring (bicyclic) bond motifs is 1. The Morgan fingerprint density at radius 2 is 1.80 bits per heavy atom. The Bertz CT molecular complexity index is 991. The number of carboxylic acid groups (broad SMARTS) is 1. The predicted molar refractivity (Wildman–Crippen MR) is 97.7 cm³/mol. The van der Waals surface area contributed by atoms with Gasteiger partial charge in [0.25, 0.3) is 0 Å². The predicted octanol–water partition coefficient (Wildman–Crippen LogP) is 4.15. The Balaban J connectivity index is 2.00. The lowest BCUT2D eigenvalue weighted by atomic mass is 10.1. The number of pyridine rings is 1. The molecule has 8 heteroatoms. The second kappa shape index (κ2) is 6.96. The minimum absolute atomic E-state index is 0.0705. The number of hydrazone groups is 1. The highest BCUT2D eigenvalue weighted by molar-refractivity contribution is 6.42. The summed E-state index contributed by atoms with van der Waals surface area (Å²) in [6, 6.07) is 13.1. The lowest BCUT2D eigenvalue weighted by molar-refractivity contribution is -0.129. The Morgan fingerprint density at radius 3 is 2.48 bits per heavy atom. The van der Waals surface area contributed by atoms with Crippen molar-refractivity contribution in [1.82, 2.24) is 4.98 Å². The van der Waals surface area contributed by atoms with Crippen molar-refractivity contribution in [2.45, 2.75) is 0 Å². The fourth-order valence-corrected chi connectivity index (χ4v) is 2.73. The lowest BCUT2D eigenvalue weighted by Crippen LogP contribution is -2.16. The molecule has 126 valence electrons. The molecule has 25 heavy (non-hydrogen) atoms. The molecule has 2 aromatic carbocycles. The van der Waals surface area contributed by atoms with Crippen LogP contribution in [0.2, 0.25) is 10.0 Å². The average Bonchev–Trinajstić information content (AvgIpc) is 2.60. The molecule has 1 heterocycles. The van der Waals surface area contributed by atoms with Crippen molar-refractivity contribution < 1.29 is 15.0 Å². The van der Waals surface area contributed by atoms with Crippen molar-refractivity contribution in [3.05, 3.63) is 64.1 Å². The van der Waals surface area contributed by atoms with Crippen LogP contribution in [0.25, 0.3) is 10.9 Å². The van der Waals surface area contributed by atoms with E-state index in [1.807, 2.05) is 0 Å². The van der Waals surface area contributed by atoms with Crippen LogP contribution < -0.4 is 5.43 Å². The standard InChI is InChI=1S/C17H11Cl2N3O3/c18-11-8-12(19)16(23)15-10(11)6-7-13(20-15)21-22-14(17(24)25)9-4-2-1-3-5-9/h1-8,23H,(H,20,21)(H,24,25). The summed E-state index contributed by atoms with van der Waals surface area (Å²) in [5.41, 5.74) is 3.04. The van der Waals surface area contributed by atoms with Crippen molar-refractivity contribution >= 4 is 51.6 Å². The third kappa shape index (κ3) is 3.50. The molecule has 0 fully saturated rings. The number of benzene rings is 2. The molecular formula is C17H11Cl2N3O3. The summed E-state index contributed by atoms with van der Waals surface area (Å²) in [5.74, 6) is -1.17. The third-order valence-corrected chi connectivity index (χ3v) is 3.99. The van der Waals surface area contributed by atoms with Gasteiger partial charge in [0.2, 0.25) is 0 Å². The topological polar surface area (TPSA) is 94.8 Å². The number of aliphatic carboxylic acids is 1. The Labute approximate surface area is 152 Å². The van der Waals surface area contributed by atoms with Gasteiger partial charge in [0.15, 0.2) is 11.5 Å². The number of phenols is 1. The number of carbonyl (C=O) groups is 1. The van der Waals surface area contributed by atoms with Crippen LogP contribution in [0, 0.1) is 0 Å². The summed E-state index contributed by atoms with van der Waals surface area (Å²) in [6.07, 6.45) is 0. The van der Waals surface area contributed by atoms with E-state index in [2.05, 4.69) is 15.5 Å². The number of aromatic hydroxyl groups is 1. The molecule has 1 aromatic heterocycles. The van der Waals surface area contributed by atoms with Crippen LogP contribution in [0.3, 0.4) is 0 Å². The number of rotatable bonds is 4. The van der Waals surface area contributed by atoms with Gasteiger partial charge in [0.05, 0.1) is 10.0 Å². The van der Waals surface area contributed by atoms with Gasteiger partial charge in [0, 0.05) is 10.9 Å². The SMILES string of the molecule is O=C(O)C(=NNc1ccc2c(Cl)cc(Cl)c(O)c2n1)c1ccccc1. The molecule has 0 aliphatic rings. The normalized spacial score (nSPS) is 11.5. The van der Waals surface area contributed by atoms with Crippen LogP contribution in [-0.4, -0.2) is 26.9 Å². The smallest absolute Gasteiger partial charge is 0.356 e. The second-order valence-electron chi connectivity index (χ2n) is 5.02. The second-order valence-corrected chi connectivity index (χ2v) is 5.84. The first kappa shape index (κ1) is 17.0. The van der Waals surface area contributed by atoms with E-state index in [4.69, 9.17) is 23.2 Å². The zero-order valence-electron chi connectivity index (χ0n) is 12.6. The fourth-order valence-electron chi connectivity index (χ4n) is 2.21. The average molecular weight is 376 g/mol. The van der Waals surface area contributed by atoms with E-state index in [0.29, 0.717) is 16.0 Å². The molecule has 3 N–H and O–H groups in total. The molecule has 0 aliphatic heterocycles. The van der Waals surface area contributed by atoms with Crippen molar-refractivity contribution in [2.75, 3.05) is 5.43 Å². The fraction of sp³-hybridized carbons (Fsp3) is 0. The number of hydrogen-bond donors (Lipinski definition) is 3. The maximum Gasteiger partial charge on any atom is 0.356 e. The zero-order chi connectivity index (χ0) is 18.0. The van der Waals surface area contributed by atoms with E-state index in [0.717, 1.165) is 0 Å². The Hall–Kier alpha value is -2.83. The van der Waals surface area contributed by atoms with Gasteiger partial charge in [-0.1, -0.05) is 53.5 Å². The highest BCUT2D eigenvalue weighted by atomic mass is 35.5. The number of nitrogens with zero attached hydrogens (tertiary/aromatic N) is 2. The maximum absolute atomic E-state index is 11.4. The van der Waals surface area contributed by atoms with E-state index >= 15 is 0 Å². The summed E-state index contributed by atoms with van der Waals surface area (Å²) in [4.78, 5) is 15.6. The lowest BCUT2D eigenvalue weighted by Gasteiger charge is -2.08. The molecule has 0 saturated carbocycles. The molecule has 0 spiro atoms. The molecule has 0 aliphatic carbocycles. The Morgan fingerprint density at radius 1 is 1.08 bits per heavy atom. The summed E-state index contributed by atoms with van der Waals surface area (Å²) >= 11 is 12.0. The van der Waals surface area contributed by atoms with Crippen LogP contribution in [-0.2, 0) is 4.79 Å². The summed E-state index contributed by atoms with van der Waals surface area (Å²) < 4.78 is 0. The number of phenolic OH excluding ortho intramolecular Hbond substituents is 1. The number of nitrogens with one attached hydrogen (secondary N) is 1. The minimum atomic E-state index is -1.19. The van der Waals surface area contributed by atoms with Gasteiger partial charge in [-0.15, -0.1) is 0 Å². The van der Waals surface area contributed by atoms with Gasteiger partial charge in [-0.2, -0.15) is 5.10 Å².